The molecule has 0 heterocycles. The predicted molar refractivity (Wildman–Crippen MR) is 74.9 cm³/mol. The number of aryl methyl sites for hydroxylation is 1. The number of hydrogen-bond acceptors (Lipinski definition) is 3. The van der Waals surface area contributed by atoms with Crippen molar-refractivity contribution in [1.29, 1.82) is 0 Å². The molecular formula is C13H21NO3S. The molecule has 1 aliphatic carbocycles. The molecule has 18 heavy (non-hydrogen) atoms. The van der Waals surface area contributed by atoms with E-state index in [0.29, 0.717) is 11.4 Å². The zero-order valence-corrected chi connectivity index (χ0v) is 12.0. The summed E-state index contributed by atoms with van der Waals surface area (Å²) in [5.74, 6) is 0.591. The van der Waals surface area contributed by atoms with Gasteiger partial charge in [0.1, 0.15) is 5.75 Å². The van der Waals surface area contributed by atoms with Gasteiger partial charge in [0.25, 0.3) is 0 Å². The van der Waals surface area contributed by atoms with Gasteiger partial charge in [-0.2, -0.15) is 0 Å². The molecule has 1 fully saturated rings. The first-order valence-electron chi connectivity index (χ1n) is 5.92. The summed E-state index contributed by atoms with van der Waals surface area (Å²) < 4.78 is 30.6. The second kappa shape index (κ2) is 4.16. The topological polar surface area (TPSA) is 55.4 Å². The summed E-state index contributed by atoms with van der Waals surface area (Å²) in [5.41, 5.74) is 2.86. The maximum atomic E-state index is 11.4. The minimum atomic E-state index is -3.30. The van der Waals surface area contributed by atoms with Gasteiger partial charge in [-0.25, -0.2) is 8.42 Å². The molecule has 4 nitrogen and oxygen atoms in total. The number of nitrogens with one attached hydrogen (secondary N) is 1. The van der Waals surface area contributed by atoms with Crippen molar-refractivity contribution in [2.24, 2.45) is 0 Å². The Labute approximate surface area is 110 Å². The Bertz CT molecular complexity index is 580. The Morgan fingerprint density at radius 1 is 1.39 bits per heavy atom. The molecule has 0 spiro atoms. The van der Waals surface area contributed by atoms with Crippen LogP contribution in [0.3, 0.4) is 0 Å². The zero-order valence-electron chi connectivity index (χ0n) is 11.2. The van der Waals surface area contributed by atoms with E-state index < -0.39 is 10.0 Å². The molecule has 0 radical (unpaired) electrons. The molecule has 0 aliphatic heterocycles. The smallest absolute Gasteiger partial charge is 0.229 e. The summed E-state index contributed by atoms with van der Waals surface area (Å²) >= 11 is 0. The summed E-state index contributed by atoms with van der Waals surface area (Å²) in [5, 5.41) is 0. The molecule has 1 aromatic carbocycles. The fourth-order valence-corrected chi connectivity index (χ4v) is 2.70. The van der Waals surface area contributed by atoms with E-state index in [2.05, 4.69) is 17.7 Å². The van der Waals surface area contributed by atoms with Crippen LogP contribution in [-0.4, -0.2) is 21.8 Å². The van der Waals surface area contributed by atoms with Crippen molar-refractivity contribution in [3.8, 4) is 5.75 Å². The Balaban J connectivity index is 0.00000180. The maximum absolute atomic E-state index is 11.4. The first-order valence-corrected chi connectivity index (χ1v) is 7.81. The van der Waals surface area contributed by atoms with E-state index >= 15 is 0 Å². The molecule has 0 unspecified atom stereocenters. The van der Waals surface area contributed by atoms with Gasteiger partial charge in [0.15, 0.2) is 0 Å². The van der Waals surface area contributed by atoms with Gasteiger partial charge in [-0.15, -0.1) is 0 Å². The maximum Gasteiger partial charge on any atom is 0.229 e. The van der Waals surface area contributed by atoms with Crippen molar-refractivity contribution >= 4 is 15.7 Å². The van der Waals surface area contributed by atoms with E-state index in [1.165, 1.54) is 5.56 Å². The standard InChI is InChI=1S/C13H19NO3S.H2/c1-9-7-10(13(2)5-6-13)8-11(12(9)17-3)14-18(4,15)16;/h7-8,14H,5-6H2,1-4H3;1H. The summed E-state index contributed by atoms with van der Waals surface area (Å²) in [6.45, 7) is 4.13. The van der Waals surface area contributed by atoms with E-state index in [1.807, 2.05) is 13.0 Å². The second-order valence-electron chi connectivity index (χ2n) is 5.31. The molecule has 0 amide bonds. The number of sulfonamides is 1. The lowest BCUT2D eigenvalue weighted by Crippen LogP contribution is -2.12. The van der Waals surface area contributed by atoms with Crippen molar-refractivity contribution < 1.29 is 14.6 Å². The zero-order chi connectivity index (χ0) is 13.6. The highest BCUT2D eigenvalue weighted by Crippen LogP contribution is 2.49. The van der Waals surface area contributed by atoms with Crippen LogP contribution in [0.5, 0.6) is 5.75 Å². The molecule has 2 rings (SSSR count). The highest BCUT2D eigenvalue weighted by atomic mass is 32.2. The molecule has 0 aromatic heterocycles. The van der Waals surface area contributed by atoms with E-state index in [9.17, 15) is 8.42 Å². The lowest BCUT2D eigenvalue weighted by Gasteiger charge is -2.17. The third-order valence-electron chi connectivity index (χ3n) is 3.47. The highest BCUT2D eigenvalue weighted by molar-refractivity contribution is 7.92. The van der Waals surface area contributed by atoms with Crippen LogP contribution in [-0.2, 0) is 15.4 Å². The average molecular weight is 271 g/mol. The van der Waals surface area contributed by atoms with E-state index in [0.717, 1.165) is 24.7 Å². The minimum Gasteiger partial charge on any atom is -0.494 e. The van der Waals surface area contributed by atoms with Gasteiger partial charge in [-0.1, -0.05) is 13.0 Å². The molecule has 0 bridgehead atoms. The van der Waals surface area contributed by atoms with Gasteiger partial charge in [0, 0.05) is 1.43 Å². The van der Waals surface area contributed by atoms with E-state index in [1.54, 1.807) is 7.11 Å². The monoisotopic (exact) mass is 271 g/mol. The van der Waals surface area contributed by atoms with Crippen LogP contribution in [0.1, 0.15) is 32.3 Å². The Morgan fingerprint density at radius 3 is 2.44 bits per heavy atom. The molecule has 0 saturated heterocycles. The molecule has 0 atom stereocenters. The first kappa shape index (κ1) is 13.2. The van der Waals surface area contributed by atoms with E-state index in [-0.39, 0.29) is 6.84 Å². The minimum absolute atomic E-state index is 0. The number of hydrogen-bond donors (Lipinski definition) is 1. The van der Waals surface area contributed by atoms with Crippen molar-refractivity contribution in [3.63, 3.8) is 0 Å². The molecule has 1 aliphatic rings. The molecular weight excluding hydrogens is 250 g/mol. The summed E-state index contributed by atoms with van der Waals surface area (Å²) in [4.78, 5) is 0. The van der Waals surface area contributed by atoms with Crippen LogP contribution in [0.15, 0.2) is 12.1 Å². The predicted octanol–water partition coefficient (Wildman–Crippen LogP) is 2.67. The summed E-state index contributed by atoms with van der Waals surface area (Å²) in [6.07, 6.45) is 3.45. The van der Waals surface area contributed by atoms with Crippen LogP contribution in [0.25, 0.3) is 0 Å². The fourth-order valence-electron chi connectivity index (χ4n) is 2.15. The van der Waals surface area contributed by atoms with Gasteiger partial charge in [0.05, 0.1) is 19.1 Å². The number of benzene rings is 1. The fraction of sp³-hybridized carbons (Fsp3) is 0.538. The van der Waals surface area contributed by atoms with E-state index in [4.69, 9.17) is 4.74 Å². The molecule has 1 N–H and O–H groups in total. The van der Waals surface area contributed by atoms with Crippen LogP contribution in [0, 0.1) is 6.92 Å². The Hall–Kier alpha value is -1.23. The van der Waals surface area contributed by atoms with Crippen LogP contribution in [0.2, 0.25) is 0 Å². The quantitative estimate of drug-likeness (QED) is 0.916. The second-order valence-corrected chi connectivity index (χ2v) is 7.06. The van der Waals surface area contributed by atoms with Gasteiger partial charge < -0.3 is 4.74 Å². The van der Waals surface area contributed by atoms with Crippen molar-refractivity contribution in [1.82, 2.24) is 0 Å². The van der Waals surface area contributed by atoms with Gasteiger partial charge in [-0.05, 0) is 42.4 Å². The SMILES string of the molecule is COc1c(C)cc(C2(C)CC2)cc1NS(C)(=O)=O.[HH]. The Kier molecular flexibility index (Phi) is 3.05. The number of anilines is 1. The number of methoxy groups -OCH3 is 1. The van der Waals surface area contributed by atoms with Gasteiger partial charge in [-0.3, -0.25) is 4.72 Å². The molecule has 102 valence electrons. The molecule has 1 saturated carbocycles. The number of rotatable bonds is 4. The Morgan fingerprint density at radius 2 is 2.00 bits per heavy atom. The lowest BCUT2D eigenvalue weighted by molar-refractivity contribution is 0.413. The van der Waals surface area contributed by atoms with Gasteiger partial charge in [0.2, 0.25) is 10.0 Å². The normalized spacial score (nSPS) is 17.3. The van der Waals surface area contributed by atoms with Crippen molar-refractivity contribution in [2.75, 3.05) is 18.1 Å². The van der Waals surface area contributed by atoms with Crippen molar-refractivity contribution in [3.05, 3.63) is 23.3 Å². The van der Waals surface area contributed by atoms with Crippen LogP contribution < -0.4 is 9.46 Å². The average Bonchev–Trinajstić information content (AvgIpc) is 2.95. The molecule has 5 heteroatoms. The first-order chi connectivity index (χ1) is 8.25. The third-order valence-corrected chi connectivity index (χ3v) is 4.06. The van der Waals surface area contributed by atoms with Crippen LogP contribution >= 0.6 is 0 Å². The molecule has 1 aromatic rings. The summed E-state index contributed by atoms with van der Waals surface area (Å²) in [7, 11) is -1.75. The summed E-state index contributed by atoms with van der Waals surface area (Å²) in [6, 6.07) is 3.97. The van der Waals surface area contributed by atoms with Crippen molar-refractivity contribution in [2.45, 2.75) is 32.1 Å². The van der Waals surface area contributed by atoms with Gasteiger partial charge >= 0.3 is 0 Å². The number of ether oxygens (including phenoxy) is 1. The third kappa shape index (κ3) is 2.61. The highest BCUT2D eigenvalue weighted by Gasteiger charge is 2.39. The van der Waals surface area contributed by atoms with Crippen LogP contribution in [0.4, 0.5) is 5.69 Å². The lowest BCUT2D eigenvalue weighted by atomic mass is 9.95. The largest absolute Gasteiger partial charge is 0.494 e.